The van der Waals surface area contributed by atoms with Gasteiger partial charge in [-0.3, -0.25) is 0 Å². The fourth-order valence-electron chi connectivity index (χ4n) is 1.94. The molecule has 0 heterocycles. The van der Waals surface area contributed by atoms with Crippen LogP contribution in [0.1, 0.15) is 50.0 Å². The zero-order chi connectivity index (χ0) is 13.2. The molecule has 0 radical (unpaired) electrons. The van der Waals surface area contributed by atoms with E-state index in [9.17, 15) is 5.11 Å². The zero-order valence-electron chi connectivity index (χ0n) is 11.8. The molecule has 1 unspecified atom stereocenters. The second kappa shape index (κ2) is 5.09. The van der Waals surface area contributed by atoms with Gasteiger partial charge in [0.25, 0.3) is 0 Å². The van der Waals surface area contributed by atoms with Gasteiger partial charge in [-0.2, -0.15) is 0 Å². The summed E-state index contributed by atoms with van der Waals surface area (Å²) in [6.07, 6.45) is 0.510. The average Bonchev–Trinajstić information content (AvgIpc) is 2.30. The number of aliphatic hydroxyl groups excluding tert-OH is 1. The van der Waals surface area contributed by atoms with E-state index in [0.29, 0.717) is 0 Å². The molecule has 2 nitrogen and oxygen atoms in total. The normalized spacial score (nSPS) is 13.6. The van der Waals surface area contributed by atoms with Crippen molar-refractivity contribution in [1.82, 2.24) is 0 Å². The van der Waals surface area contributed by atoms with Crippen molar-refractivity contribution in [3.8, 4) is 5.75 Å². The fraction of sp³-hybridized carbons (Fsp3) is 0.600. The molecule has 0 aromatic heterocycles. The smallest absolute Gasteiger partial charge is 0.122 e. The molecule has 1 aromatic carbocycles. The van der Waals surface area contributed by atoms with Crippen LogP contribution in [-0.4, -0.2) is 12.2 Å². The maximum Gasteiger partial charge on any atom is 0.122 e. The predicted octanol–water partition coefficient (Wildman–Crippen LogP) is 3.78. The second-order valence-electron chi connectivity index (χ2n) is 5.42. The summed E-state index contributed by atoms with van der Waals surface area (Å²) in [6.45, 7) is 10.3. The predicted molar refractivity (Wildman–Crippen MR) is 71.5 cm³/mol. The fourth-order valence-corrected chi connectivity index (χ4v) is 1.94. The number of methoxy groups -OCH3 is 1. The Bertz CT molecular complexity index is 394. The van der Waals surface area contributed by atoms with Gasteiger partial charge in [0.1, 0.15) is 5.75 Å². The van der Waals surface area contributed by atoms with Crippen LogP contribution in [0.5, 0.6) is 5.75 Å². The van der Waals surface area contributed by atoms with Crippen LogP contribution < -0.4 is 4.74 Å². The van der Waals surface area contributed by atoms with Gasteiger partial charge in [0.05, 0.1) is 13.2 Å². The lowest BCUT2D eigenvalue weighted by Gasteiger charge is -2.31. The van der Waals surface area contributed by atoms with Gasteiger partial charge in [0.15, 0.2) is 0 Å². The van der Waals surface area contributed by atoms with Crippen molar-refractivity contribution >= 4 is 0 Å². The number of benzene rings is 1. The van der Waals surface area contributed by atoms with Crippen LogP contribution >= 0.6 is 0 Å². The van der Waals surface area contributed by atoms with Crippen molar-refractivity contribution in [2.45, 2.75) is 47.1 Å². The van der Waals surface area contributed by atoms with Crippen molar-refractivity contribution in [1.29, 1.82) is 0 Å². The molecule has 1 aromatic rings. The van der Waals surface area contributed by atoms with E-state index in [0.717, 1.165) is 28.9 Å². The summed E-state index contributed by atoms with van der Waals surface area (Å²) in [5, 5.41) is 10.5. The maximum atomic E-state index is 10.5. The number of aliphatic hydroxyl groups is 1. The van der Waals surface area contributed by atoms with E-state index in [-0.39, 0.29) is 5.41 Å². The quantitative estimate of drug-likeness (QED) is 0.862. The van der Waals surface area contributed by atoms with Gasteiger partial charge < -0.3 is 9.84 Å². The Hall–Kier alpha value is -1.02. The van der Waals surface area contributed by atoms with E-state index < -0.39 is 6.10 Å². The largest absolute Gasteiger partial charge is 0.496 e. The standard InChI is InChI=1S/C15H24O2/c1-7-15(4,5)14(16)12-8-11(3)13(17-6)9-10(12)2/h8-9,14,16H,7H2,1-6H3. The average molecular weight is 236 g/mol. The second-order valence-corrected chi connectivity index (χ2v) is 5.42. The molecule has 0 amide bonds. The van der Waals surface area contributed by atoms with Gasteiger partial charge in [-0.1, -0.05) is 20.8 Å². The molecule has 0 aliphatic rings. The van der Waals surface area contributed by atoms with Gasteiger partial charge in [0, 0.05) is 0 Å². The molecule has 0 spiro atoms. The molecule has 0 fully saturated rings. The third kappa shape index (κ3) is 2.81. The summed E-state index contributed by atoms with van der Waals surface area (Å²) in [4.78, 5) is 0. The molecule has 0 bridgehead atoms. The molecule has 0 aliphatic carbocycles. The molecule has 1 atom stereocenters. The summed E-state index contributed by atoms with van der Waals surface area (Å²) in [5.41, 5.74) is 3.06. The minimum atomic E-state index is -0.433. The Kier molecular flexibility index (Phi) is 4.21. The SMILES string of the molecule is CCC(C)(C)C(O)c1cc(C)c(OC)cc1C. The minimum Gasteiger partial charge on any atom is -0.496 e. The van der Waals surface area contributed by atoms with Crippen LogP contribution in [0.25, 0.3) is 0 Å². The summed E-state index contributed by atoms with van der Waals surface area (Å²) < 4.78 is 5.29. The van der Waals surface area contributed by atoms with Crippen molar-refractivity contribution in [3.05, 3.63) is 28.8 Å². The summed E-state index contributed by atoms with van der Waals surface area (Å²) >= 11 is 0. The minimum absolute atomic E-state index is 0.105. The van der Waals surface area contributed by atoms with Gasteiger partial charge in [-0.25, -0.2) is 0 Å². The molecular weight excluding hydrogens is 212 g/mol. The van der Waals surface area contributed by atoms with Crippen LogP contribution in [0.3, 0.4) is 0 Å². The van der Waals surface area contributed by atoms with E-state index in [2.05, 4.69) is 20.8 Å². The first-order valence-corrected chi connectivity index (χ1v) is 6.16. The van der Waals surface area contributed by atoms with E-state index in [1.807, 2.05) is 26.0 Å². The van der Waals surface area contributed by atoms with Crippen LogP contribution in [0.15, 0.2) is 12.1 Å². The number of aryl methyl sites for hydroxylation is 2. The van der Waals surface area contributed by atoms with Gasteiger partial charge in [0.2, 0.25) is 0 Å². The number of hydrogen-bond donors (Lipinski definition) is 1. The lowest BCUT2D eigenvalue weighted by Crippen LogP contribution is -2.21. The highest BCUT2D eigenvalue weighted by molar-refractivity contribution is 5.42. The van der Waals surface area contributed by atoms with Crippen LogP contribution in [0.4, 0.5) is 0 Å². The number of rotatable bonds is 4. The Morgan fingerprint density at radius 1 is 1.24 bits per heavy atom. The Labute approximate surface area is 105 Å². The molecule has 0 saturated heterocycles. The van der Waals surface area contributed by atoms with E-state index >= 15 is 0 Å². The molecule has 96 valence electrons. The zero-order valence-corrected chi connectivity index (χ0v) is 11.8. The lowest BCUT2D eigenvalue weighted by molar-refractivity contribution is 0.0460. The van der Waals surface area contributed by atoms with E-state index in [4.69, 9.17) is 4.74 Å². The van der Waals surface area contributed by atoms with Crippen LogP contribution in [-0.2, 0) is 0 Å². The monoisotopic (exact) mass is 236 g/mol. The first-order chi connectivity index (χ1) is 7.83. The highest BCUT2D eigenvalue weighted by atomic mass is 16.5. The van der Waals surface area contributed by atoms with Gasteiger partial charge >= 0.3 is 0 Å². The highest BCUT2D eigenvalue weighted by Crippen LogP contribution is 2.39. The van der Waals surface area contributed by atoms with Crippen molar-refractivity contribution < 1.29 is 9.84 Å². The van der Waals surface area contributed by atoms with Gasteiger partial charge in [-0.15, -0.1) is 0 Å². The summed E-state index contributed by atoms with van der Waals surface area (Å²) in [5.74, 6) is 0.882. The first-order valence-electron chi connectivity index (χ1n) is 6.16. The third-order valence-electron chi connectivity index (χ3n) is 3.73. The number of hydrogen-bond acceptors (Lipinski definition) is 2. The topological polar surface area (TPSA) is 29.5 Å². The molecular formula is C15H24O2. The molecule has 2 heteroatoms. The molecule has 0 aliphatic heterocycles. The maximum absolute atomic E-state index is 10.5. The van der Waals surface area contributed by atoms with Crippen molar-refractivity contribution in [2.75, 3.05) is 7.11 Å². The molecule has 1 rings (SSSR count). The van der Waals surface area contributed by atoms with E-state index in [1.165, 1.54) is 0 Å². The van der Waals surface area contributed by atoms with Crippen LogP contribution in [0, 0.1) is 19.3 Å². The summed E-state index contributed by atoms with van der Waals surface area (Å²) in [7, 11) is 1.67. The summed E-state index contributed by atoms with van der Waals surface area (Å²) in [6, 6.07) is 4.04. The van der Waals surface area contributed by atoms with Crippen LogP contribution in [0.2, 0.25) is 0 Å². The van der Waals surface area contributed by atoms with Crippen molar-refractivity contribution in [2.24, 2.45) is 5.41 Å². The molecule has 17 heavy (non-hydrogen) atoms. The first kappa shape index (κ1) is 14.0. The molecule has 0 saturated carbocycles. The Balaban J connectivity index is 3.19. The van der Waals surface area contributed by atoms with Crippen molar-refractivity contribution in [3.63, 3.8) is 0 Å². The Morgan fingerprint density at radius 2 is 1.82 bits per heavy atom. The highest BCUT2D eigenvalue weighted by Gasteiger charge is 2.28. The van der Waals surface area contributed by atoms with E-state index in [1.54, 1.807) is 7.11 Å². The number of ether oxygens (including phenoxy) is 1. The lowest BCUT2D eigenvalue weighted by atomic mass is 9.79. The Morgan fingerprint density at radius 3 is 2.29 bits per heavy atom. The van der Waals surface area contributed by atoms with Gasteiger partial charge in [-0.05, 0) is 54.5 Å². The molecule has 1 N–H and O–H groups in total. The third-order valence-corrected chi connectivity index (χ3v) is 3.73.